The minimum atomic E-state index is -3.94. The zero-order chi connectivity index (χ0) is 19.0. The molecular weight excluding hydrogens is 363 g/mol. The first kappa shape index (κ1) is 28.6. The van der Waals surface area contributed by atoms with Crippen LogP contribution >= 0.6 is 0 Å². The summed E-state index contributed by atoms with van der Waals surface area (Å²) in [5.41, 5.74) is 0. The largest absolute Gasteiger partial charge is 1.00 e. The quantitative estimate of drug-likeness (QED) is 0.175. The molecule has 150 valence electrons. The van der Waals surface area contributed by atoms with Gasteiger partial charge in [-0.15, -0.1) is 0 Å². The van der Waals surface area contributed by atoms with Crippen LogP contribution in [0.1, 0.15) is 103 Å². The molecule has 7 heteroatoms. The van der Waals surface area contributed by atoms with Crippen molar-refractivity contribution in [3.8, 4) is 0 Å². The van der Waals surface area contributed by atoms with Crippen molar-refractivity contribution in [3.05, 3.63) is 0 Å². The zero-order valence-electron chi connectivity index (χ0n) is 17.2. The van der Waals surface area contributed by atoms with E-state index in [0.717, 1.165) is 51.4 Å². The molecule has 0 saturated heterocycles. The van der Waals surface area contributed by atoms with E-state index in [4.69, 9.17) is 0 Å². The third kappa shape index (κ3) is 17.8. The molecule has 0 radical (unpaired) electrons. The van der Waals surface area contributed by atoms with Gasteiger partial charge in [-0.1, -0.05) is 77.6 Å². The predicted molar refractivity (Wildman–Crippen MR) is 102 cm³/mol. The maximum Gasteiger partial charge on any atom is 1.00 e. The first-order chi connectivity index (χ1) is 11.9. The Morgan fingerprint density at radius 3 is 1.69 bits per heavy atom. The van der Waals surface area contributed by atoms with Gasteiger partial charge in [-0.3, -0.25) is 9.35 Å². The first-order valence-electron chi connectivity index (χ1n) is 9.95. The molecule has 0 rings (SSSR count). The van der Waals surface area contributed by atoms with E-state index in [1.807, 2.05) is 0 Å². The number of hydrogen-bond acceptors (Lipinski definition) is 4. The second kappa shape index (κ2) is 18.7. The number of carbonyl (C=O) groups is 1. The Balaban J connectivity index is 0. The van der Waals surface area contributed by atoms with E-state index in [9.17, 15) is 17.8 Å². The van der Waals surface area contributed by atoms with Gasteiger partial charge in [-0.05, 0) is 19.3 Å². The van der Waals surface area contributed by atoms with Crippen molar-refractivity contribution in [1.82, 2.24) is 0 Å². The molecular formula is C19H38NaO5S+. The van der Waals surface area contributed by atoms with E-state index in [2.05, 4.69) is 11.7 Å². The molecule has 1 N–H and O–H groups in total. The summed E-state index contributed by atoms with van der Waals surface area (Å²) in [6.45, 7) is 2.19. The number of rotatable bonds is 17. The van der Waals surface area contributed by atoms with E-state index in [1.165, 1.54) is 32.8 Å². The fourth-order valence-corrected chi connectivity index (χ4v) is 3.97. The SMILES string of the molecule is CCCCCCCCCC(CCCCCCCC(=O)OC)S(=O)(=O)O.[Na+]. The molecule has 0 bridgehead atoms. The standard InChI is InChI=1S/C19H38O5S.Na/c1-3-4-5-6-7-9-12-15-18(25(21,22)23)16-13-10-8-11-14-17-19(20)24-2;/h18H,3-17H2,1-2H3,(H,21,22,23);/q;+1. The molecule has 0 spiro atoms. The van der Waals surface area contributed by atoms with Crippen LogP contribution in [0.3, 0.4) is 0 Å². The molecule has 1 unspecified atom stereocenters. The summed E-state index contributed by atoms with van der Waals surface area (Å²) in [5.74, 6) is -0.180. The van der Waals surface area contributed by atoms with Gasteiger partial charge in [0.25, 0.3) is 10.1 Å². The van der Waals surface area contributed by atoms with Gasteiger partial charge in [0.15, 0.2) is 0 Å². The Morgan fingerprint density at radius 2 is 1.27 bits per heavy atom. The molecule has 1 atom stereocenters. The maximum absolute atomic E-state index is 11.5. The van der Waals surface area contributed by atoms with Crippen molar-refractivity contribution in [2.75, 3.05) is 7.11 Å². The van der Waals surface area contributed by atoms with Gasteiger partial charge in [0.1, 0.15) is 0 Å². The molecule has 0 aromatic heterocycles. The molecule has 0 aliphatic carbocycles. The Hall–Kier alpha value is 0.380. The van der Waals surface area contributed by atoms with E-state index in [0.29, 0.717) is 19.3 Å². The van der Waals surface area contributed by atoms with Crippen molar-refractivity contribution in [2.45, 2.75) is 108 Å². The van der Waals surface area contributed by atoms with Crippen molar-refractivity contribution >= 4 is 16.1 Å². The van der Waals surface area contributed by atoms with Gasteiger partial charge in [0.05, 0.1) is 12.4 Å². The summed E-state index contributed by atoms with van der Waals surface area (Å²) >= 11 is 0. The van der Waals surface area contributed by atoms with E-state index in [-0.39, 0.29) is 35.5 Å². The summed E-state index contributed by atoms with van der Waals surface area (Å²) in [5, 5.41) is -0.613. The normalized spacial score (nSPS) is 12.4. The summed E-state index contributed by atoms with van der Waals surface area (Å²) in [6.07, 6.45) is 14.1. The van der Waals surface area contributed by atoms with Crippen molar-refractivity contribution in [1.29, 1.82) is 0 Å². The average molecular weight is 402 g/mol. The first-order valence-corrected chi connectivity index (χ1v) is 11.4. The topological polar surface area (TPSA) is 80.7 Å². The van der Waals surface area contributed by atoms with Crippen LogP contribution in [-0.4, -0.2) is 31.3 Å². The fourth-order valence-electron chi connectivity index (χ4n) is 3.05. The Bertz CT molecular complexity index is 426. The Labute approximate surface area is 183 Å². The number of carbonyl (C=O) groups excluding carboxylic acids is 1. The molecule has 0 saturated carbocycles. The van der Waals surface area contributed by atoms with Crippen molar-refractivity contribution in [3.63, 3.8) is 0 Å². The monoisotopic (exact) mass is 401 g/mol. The number of ether oxygens (including phenoxy) is 1. The molecule has 5 nitrogen and oxygen atoms in total. The number of hydrogen-bond donors (Lipinski definition) is 1. The van der Waals surface area contributed by atoms with Crippen molar-refractivity contribution in [2.24, 2.45) is 0 Å². The molecule has 26 heavy (non-hydrogen) atoms. The third-order valence-electron chi connectivity index (χ3n) is 4.69. The van der Waals surface area contributed by atoms with E-state index >= 15 is 0 Å². The summed E-state index contributed by atoms with van der Waals surface area (Å²) in [4.78, 5) is 11.0. The second-order valence-corrected chi connectivity index (χ2v) is 8.63. The smallest absolute Gasteiger partial charge is 0.469 e. The van der Waals surface area contributed by atoms with Gasteiger partial charge in [0.2, 0.25) is 0 Å². The van der Waals surface area contributed by atoms with Crippen LogP contribution in [0.25, 0.3) is 0 Å². The number of methoxy groups -OCH3 is 1. The van der Waals surface area contributed by atoms with Gasteiger partial charge in [-0.25, -0.2) is 0 Å². The molecule has 0 aromatic carbocycles. The van der Waals surface area contributed by atoms with Gasteiger partial charge in [-0.2, -0.15) is 8.42 Å². The number of unbranched alkanes of at least 4 members (excludes halogenated alkanes) is 10. The average Bonchev–Trinajstić information content (AvgIpc) is 2.56. The zero-order valence-corrected chi connectivity index (χ0v) is 20.0. The minimum absolute atomic E-state index is 0. The molecule has 0 heterocycles. The third-order valence-corrected chi connectivity index (χ3v) is 6.00. The minimum Gasteiger partial charge on any atom is -0.469 e. The van der Waals surface area contributed by atoms with Gasteiger partial charge >= 0.3 is 35.5 Å². The van der Waals surface area contributed by atoms with Crippen LogP contribution in [-0.2, 0) is 19.6 Å². The second-order valence-electron chi connectivity index (χ2n) is 6.93. The Kier molecular flexibility index (Phi) is 20.6. The molecule has 0 fully saturated rings. The molecule has 0 aliphatic rings. The van der Waals surface area contributed by atoms with Crippen molar-refractivity contribution < 1.29 is 52.1 Å². The molecule has 0 aliphatic heterocycles. The molecule has 0 aromatic rings. The van der Waals surface area contributed by atoms with Gasteiger partial charge in [0, 0.05) is 6.42 Å². The van der Waals surface area contributed by atoms with E-state index in [1.54, 1.807) is 0 Å². The maximum atomic E-state index is 11.5. The predicted octanol–water partition coefficient (Wildman–Crippen LogP) is 2.29. The van der Waals surface area contributed by atoms with Crippen LogP contribution < -0.4 is 29.6 Å². The van der Waals surface area contributed by atoms with Gasteiger partial charge < -0.3 is 4.74 Å². The Morgan fingerprint density at radius 1 is 0.846 bits per heavy atom. The fraction of sp³-hybridized carbons (Fsp3) is 0.947. The summed E-state index contributed by atoms with van der Waals surface area (Å²) in [6, 6.07) is 0. The van der Waals surface area contributed by atoms with Crippen LogP contribution in [0.5, 0.6) is 0 Å². The van der Waals surface area contributed by atoms with Crippen LogP contribution in [0.2, 0.25) is 0 Å². The number of esters is 1. The molecule has 0 amide bonds. The summed E-state index contributed by atoms with van der Waals surface area (Å²) in [7, 11) is -2.55. The van der Waals surface area contributed by atoms with Crippen LogP contribution in [0, 0.1) is 0 Å². The van der Waals surface area contributed by atoms with E-state index < -0.39 is 15.4 Å². The van der Waals surface area contributed by atoms with Crippen LogP contribution in [0.4, 0.5) is 0 Å². The van der Waals surface area contributed by atoms with Crippen LogP contribution in [0.15, 0.2) is 0 Å². The summed E-state index contributed by atoms with van der Waals surface area (Å²) < 4.78 is 37.0.